The van der Waals surface area contributed by atoms with Gasteiger partial charge in [-0.3, -0.25) is 0 Å². The first-order valence-corrected chi connectivity index (χ1v) is 7.92. The van der Waals surface area contributed by atoms with E-state index in [-0.39, 0.29) is 12.0 Å². The van der Waals surface area contributed by atoms with Crippen molar-refractivity contribution in [2.75, 3.05) is 6.54 Å². The van der Waals surface area contributed by atoms with Crippen LogP contribution in [0.3, 0.4) is 0 Å². The maximum absolute atomic E-state index is 11.4. The second-order valence-corrected chi connectivity index (χ2v) is 6.37. The fourth-order valence-electron chi connectivity index (χ4n) is 2.09. The Labute approximate surface area is 136 Å². The molecule has 0 aliphatic rings. The minimum absolute atomic E-state index is 0.105. The predicted molar refractivity (Wildman–Crippen MR) is 86.2 cm³/mol. The van der Waals surface area contributed by atoms with Crippen LogP contribution in [0.5, 0.6) is 0 Å². The molecule has 0 aliphatic heterocycles. The zero-order chi connectivity index (χ0) is 17.3. The molecular formula is C15H26N4O4. The first kappa shape index (κ1) is 18.9. The number of nitro groups is 1. The van der Waals surface area contributed by atoms with Crippen LogP contribution in [0.1, 0.15) is 52.9 Å². The second-order valence-electron chi connectivity index (χ2n) is 6.37. The van der Waals surface area contributed by atoms with Gasteiger partial charge in [0.15, 0.2) is 0 Å². The maximum Gasteiger partial charge on any atom is 0.434 e. The van der Waals surface area contributed by atoms with Crippen molar-refractivity contribution in [3.8, 4) is 0 Å². The highest BCUT2D eigenvalue weighted by molar-refractivity contribution is 5.67. The maximum atomic E-state index is 11.4. The van der Waals surface area contributed by atoms with Gasteiger partial charge in [-0.15, -0.1) is 0 Å². The molecule has 1 rings (SSSR count). The van der Waals surface area contributed by atoms with Gasteiger partial charge < -0.3 is 20.2 Å². The monoisotopic (exact) mass is 326 g/mol. The van der Waals surface area contributed by atoms with E-state index in [9.17, 15) is 14.9 Å². The molecule has 0 fully saturated rings. The van der Waals surface area contributed by atoms with Crippen LogP contribution in [0.15, 0.2) is 12.4 Å². The van der Waals surface area contributed by atoms with Crippen molar-refractivity contribution in [2.45, 2.75) is 65.0 Å². The highest BCUT2D eigenvalue weighted by Gasteiger charge is 2.15. The summed E-state index contributed by atoms with van der Waals surface area (Å²) in [7, 11) is 0. The van der Waals surface area contributed by atoms with Crippen LogP contribution in [0.2, 0.25) is 0 Å². The molecular weight excluding hydrogens is 300 g/mol. The SMILES string of the molecule is CC(C)(C)OC(=O)NCCCCCCCn1ccnc1[N+](=O)[O-]. The molecule has 8 nitrogen and oxygen atoms in total. The van der Waals surface area contributed by atoms with Crippen LogP contribution < -0.4 is 5.32 Å². The molecule has 0 bridgehead atoms. The number of nitrogens with zero attached hydrogens (tertiary/aromatic N) is 3. The zero-order valence-corrected chi connectivity index (χ0v) is 14.1. The lowest BCUT2D eigenvalue weighted by molar-refractivity contribution is -0.396. The molecule has 1 amide bonds. The van der Waals surface area contributed by atoms with Crippen LogP contribution >= 0.6 is 0 Å². The van der Waals surface area contributed by atoms with Gasteiger partial charge in [-0.05, 0) is 38.5 Å². The average Bonchev–Trinajstić information content (AvgIpc) is 2.88. The Bertz CT molecular complexity index is 508. The minimum Gasteiger partial charge on any atom is -0.444 e. The van der Waals surface area contributed by atoms with E-state index >= 15 is 0 Å². The van der Waals surface area contributed by atoms with E-state index in [1.54, 1.807) is 10.8 Å². The van der Waals surface area contributed by atoms with Gasteiger partial charge >= 0.3 is 12.0 Å². The lowest BCUT2D eigenvalue weighted by Crippen LogP contribution is -2.32. The highest BCUT2D eigenvalue weighted by Crippen LogP contribution is 2.11. The predicted octanol–water partition coefficient (Wildman–Crippen LogP) is 3.27. The molecule has 130 valence electrons. The lowest BCUT2D eigenvalue weighted by atomic mass is 10.1. The fourth-order valence-corrected chi connectivity index (χ4v) is 2.09. The summed E-state index contributed by atoms with van der Waals surface area (Å²) in [4.78, 5) is 25.4. The normalized spacial score (nSPS) is 11.3. The van der Waals surface area contributed by atoms with Gasteiger partial charge in [0, 0.05) is 6.54 Å². The van der Waals surface area contributed by atoms with E-state index in [1.165, 1.54) is 6.20 Å². The number of alkyl carbamates (subject to hydrolysis) is 1. The summed E-state index contributed by atoms with van der Waals surface area (Å²) >= 11 is 0. The molecule has 0 atom stereocenters. The average molecular weight is 326 g/mol. The first-order valence-electron chi connectivity index (χ1n) is 7.92. The number of nitrogens with one attached hydrogen (secondary N) is 1. The van der Waals surface area contributed by atoms with Gasteiger partial charge in [-0.2, -0.15) is 0 Å². The van der Waals surface area contributed by atoms with Gasteiger partial charge in [0.2, 0.25) is 0 Å². The van der Waals surface area contributed by atoms with E-state index in [0.29, 0.717) is 13.1 Å². The standard InChI is InChI=1S/C15H26N4O4/c1-15(2,3)23-14(20)17-9-7-5-4-6-8-11-18-12-10-16-13(18)19(21)22/h10,12H,4-9,11H2,1-3H3,(H,17,20). The summed E-state index contributed by atoms with van der Waals surface area (Å²) in [6.45, 7) is 6.69. The van der Waals surface area contributed by atoms with Crippen LogP contribution in [0.25, 0.3) is 0 Å². The van der Waals surface area contributed by atoms with Gasteiger partial charge in [0.05, 0.1) is 6.54 Å². The summed E-state index contributed by atoms with van der Waals surface area (Å²) < 4.78 is 6.70. The molecule has 1 heterocycles. The quantitative estimate of drug-likeness (QED) is 0.426. The zero-order valence-electron chi connectivity index (χ0n) is 14.1. The van der Waals surface area contributed by atoms with Gasteiger partial charge in [0.25, 0.3) is 0 Å². The molecule has 23 heavy (non-hydrogen) atoms. The number of carbonyl (C=O) groups excluding carboxylic acids is 1. The Morgan fingerprint density at radius 2 is 1.96 bits per heavy atom. The summed E-state index contributed by atoms with van der Waals surface area (Å²) in [6.07, 6.45) is 7.47. The Kier molecular flexibility index (Phi) is 7.50. The molecule has 0 saturated carbocycles. The third kappa shape index (κ3) is 8.18. The molecule has 1 N–H and O–H groups in total. The molecule has 0 aromatic carbocycles. The van der Waals surface area contributed by atoms with Crippen LogP contribution in [-0.4, -0.2) is 32.7 Å². The minimum atomic E-state index is -0.472. The first-order chi connectivity index (χ1) is 10.8. The van der Waals surface area contributed by atoms with Gasteiger partial charge in [0.1, 0.15) is 18.0 Å². The smallest absolute Gasteiger partial charge is 0.434 e. The van der Waals surface area contributed by atoms with E-state index in [4.69, 9.17) is 4.74 Å². The largest absolute Gasteiger partial charge is 0.444 e. The Morgan fingerprint density at radius 3 is 2.61 bits per heavy atom. The van der Waals surface area contributed by atoms with E-state index < -0.39 is 10.5 Å². The van der Waals surface area contributed by atoms with Crippen molar-refractivity contribution < 1.29 is 14.5 Å². The number of hydrogen-bond acceptors (Lipinski definition) is 5. The lowest BCUT2D eigenvalue weighted by Gasteiger charge is -2.19. The number of unbranched alkanes of at least 4 members (excludes halogenated alkanes) is 4. The van der Waals surface area contributed by atoms with Gasteiger partial charge in [-0.25, -0.2) is 9.36 Å². The molecule has 1 aromatic heterocycles. The van der Waals surface area contributed by atoms with Crippen LogP contribution in [0.4, 0.5) is 10.7 Å². The van der Waals surface area contributed by atoms with E-state index in [0.717, 1.165) is 32.1 Å². The Morgan fingerprint density at radius 1 is 1.30 bits per heavy atom. The van der Waals surface area contributed by atoms with Crippen molar-refractivity contribution >= 4 is 12.0 Å². The van der Waals surface area contributed by atoms with E-state index in [1.807, 2.05) is 20.8 Å². The number of imidazole rings is 1. The second kappa shape index (κ2) is 9.12. The number of hydrogen-bond donors (Lipinski definition) is 1. The van der Waals surface area contributed by atoms with Crippen molar-refractivity contribution in [1.29, 1.82) is 0 Å². The number of carbonyl (C=O) groups is 1. The number of amides is 1. The number of aryl methyl sites for hydroxylation is 1. The number of ether oxygens (including phenoxy) is 1. The molecule has 0 unspecified atom stereocenters. The molecule has 0 aliphatic carbocycles. The van der Waals surface area contributed by atoms with Crippen LogP contribution in [-0.2, 0) is 11.3 Å². The summed E-state index contributed by atoms with van der Waals surface area (Å²) in [5.74, 6) is -0.105. The highest BCUT2D eigenvalue weighted by atomic mass is 16.6. The van der Waals surface area contributed by atoms with Crippen molar-refractivity contribution in [2.24, 2.45) is 0 Å². The van der Waals surface area contributed by atoms with Crippen LogP contribution in [0, 0.1) is 10.1 Å². The summed E-state index contributed by atoms with van der Waals surface area (Å²) in [6, 6.07) is 0. The van der Waals surface area contributed by atoms with Gasteiger partial charge in [-0.1, -0.05) is 24.2 Å². The molecule has 1 aromatic rings. The molecule has 0 radical (unpaired) electrons. The molecule has 0 saturated heterocycles. The Hall–Kier alpha value is -2.12. The third-order valence-electron chi connectivity index (χ3n) is 3.10. The molecule has 8 heteroatoms. The van der Waals surface area contributed by atoms with E-state index in [2.05, 4.69) is 10.3 Å². The number of aromatic nitrogens is 2. The molecule has 0 spiro atoms. The summed E-state index contributed by atoms with van der Waals surface area (Å²) in [5, 5.41) is 13.4. The number of rotatable bonds is 9. The fraction of sp³-hybridized carbons (Fsp3) is 0.733. The summed E-state index contributed by atoms with van der Waals surface area (Å²) in [5.41, 5.74) is -0.472. The van der Waals surface area contributed by atoms with Crippen molar-refractivity contribution in [3.05, 3.63) is 22.5 Å². The van der Waals surface area contributed by atoms with Crippen molar-refractivity contribution in [1.82, 2.24) is 14.9 Å². The Balaban J connectivity index is 2.03. The third-order valence-corrected chi connectivity index (χ3v) is 3.10. The van der Waals surface area contributed by atoms with Crippen molar-refractivity contribution in [3.63, 3.8) is 0 Å². The topological polar surface area (TPSA) is 99.3 Å².